The number of anilines is 1. The van der Waals surface area contributed by atoms with Crippen molar-refractivity contribution in [1.29, 1.82) is 5.26 Å². The van der Waals surface area contributed by atoms with E-state index in [-0.39, 0.29) is 12.0 Å². The zero-order valence-corrected chi connectivity index (χ0v) is 11.5. The molecule has 1 fully saturated rings. The minimum absolute atomic E-state index is 0.0494. The van der Waals surface area contributed by atoms with E-state index in [1.807, 2.05) is 11.0 Å². The Morgan fingerprint density at radius 3 is 3.00 bits per heavy atom. The van der Waals surface area contributed by atoms with Crippen LogP contribution in [0.15, 0.2) is 24.4 Å². The van der Waals surface area contributed by atoms with Gasteiger partial charge in [0.25, 0.3) is 0 Å². The molecular formula is C14H14FN5O. The van der Waals surface area contributed by atoms with Gasteiger partial charge in [-0.15, -0.1) is 0 Å². The molecule has 2 atom stereocenters. The van der Waals surface area contributed by atoms with E-state index < -0.39 is 5.82 Å². The molecule has 0 aliphatic carbocycles. The second-order valence-corrected chi connectivity index (χ2v) is 4.95. The third-order valence-corrected chi connectivity index (χ3v) is 3.80. The number of nitrogens with zero attached hydrogens (tertiary/aromatic N) is 4. The molecule has 0 unspecified atom stereocenters. The quantitative estimate of drug-likeness (QED) is 0.924. The third kappa shape index (κ3) is 2.45. The molecule has 108 valence electrons. The lowest BCUT2D eigenvalue weighted by molar-refractivity contribution is 0.106. The maximum atomic E-state index is 13.2. The predicted octanol–water partition coefficient (Wildman–Crippen LogP) is 1.43. The van der Waals surface area contributed by atoms with E-state index in [1.165, 1.54) is 12.1 Å². The number of benzene rings is 1. The first-order valence-electron chi connectivity index (χ1n) is 6.56. The van der Waals surface area contributed by atoms with Gasteiger partial charge in [-0.2, -0.15) is 20.7 Å². The summed E-state index contributed by atoms with van der Waals surface area (Å²) in [5.74, 6) is -0.351. The summed E-state index contributed by atoms with van der Waals surface area (Å²) in [4.78, 5) is 2.02. The number of nitriles is 1. The van der Waals surface area contributed by atoms with Gasteiger partial charge >= 0.3 is 0 Å². The fourth-order valence-corrected chi connectivity index (χ4v) is 2.76. The highest BCUT2D eigenvalue weighted by atomic mass is 19.1. The third-order valence-electron chi connectivity index (χ3n) is 3.80. The van der Waals surface area contributed by atoms with Gasteiger partial charge in [-0.05, 0) is 18.2 Å². The molecule has 0 amide bonds. The molecule has 0 bridgehead atoms. The minimum atomic E-state index is -0.411. The van der Waals surface area contributed by atoms with Crippen LogP contribution in [0.25, 0.3) is 0 Å². The van der Waals surface area contributed by atoms with Gasteiger partial charge in [0.1, 0.15) is 11.9 Å². The summed E-state index contributed by atoms with van der Waals surface area (Å²) in [6.45, 7) is 1.26. The average molecular weight is 287 g/mol. The van der Waals surface area contributed by atoms with Crippen molar-refractivity contribution in [3.8, 4) is 6.07 Å². The number of hydrogen-bond acceptors (Lipinski definition) is 5. The van der Waals surface area contributed by atoms with Crippen molar-refractivity contribution in [1.82, 2.24) is 15.4 Å². The van der Waals surface area contributed by atoms with E-state index >= 15 is 0 Å². The van der Waals surface area contributed by atoms with Gasteiger partial charge in [-0.3, -0.25) is 0 Å². The summed E-state index contributed by atoms with van der Waals surface area (Å²) in [5, 5.41) is 19.7. The van der Waals surface area contributed by atoms with E-state index in [1.54, 1.807) is 19.4 Å². The number of rotatable bonds is 3. The molecule has 21 heavy (non-hydrogen) atoms. The monoisotopic (exact) mass is 287 g/mol. The Hall–Kier alpha value is -2.46. The lowest BCUT2D eigenvalue weighted by Gasteiger charge is -2.19. The van der Waals surface area contributed by atoms with Crippen LogP contribution in [0.5, 0.6) is 0 Å². The molecular weight excluding hydrogens is 273 g/mol. The Labute approximate surface area is 121 Å². The highest BCUT2D eigenvalue weighted by Crippen LogP contribution is 2.33. The summed E-state index contributed by atoms with van der Waals surface area (Å²) in [6, 6.07) is 6.28. The Bertz CT molecular complexity index is 666. The molecule has 1 aromatic carbocycles. The number of aromatic nitrogens is 3. The number of H-pyrrole nitrogens is 1. The topological polar surface area (TPSA) is 77.8 Å². The standard InChI is InChI=1S/C14H14FN5O/c1-21-14-8-20(7-11(14)12-6-17-19-18-12)13-3-2-10(15)4-9(13)5-16/h2-4,6,11,14H,7-8H2,1H3,(H,17,18,19)/t11-,14+/m0/s1. The Balaban J connectivity index is 1.90. The van der Waals surface area contributed by atoms with Crippen LogP contribution >= 0.6 is 0 Å². The second kappa shape index (κ2) is 5.50. The molecule has 0 radical (unpaired) electrons. The molecule has 1 aliphatic heterocycles. The van der Waals surface area contributed by atoms with Crippen LogP contribution in [0.3, 0.4) is 0 Å². The zero-order chi connectivity index (χ0) is 14.8. The number of halogens is 1. The van der Waals surface area contributed by atoms with E-state index in [2.05, 4.69) is 15.4 Å². The highest BCUT2D eigenvalue weighted by molar-refractivity contribution is 5.60. The number of methoxy groups -OCH3 is 1. The van der Waals surface area contributed by atoms with Crippen molar-refractivity contribution in [2.75, 3.05) is 25.1 Å². The van der Waals surface area contributed by atoms with E-state index in [9.17, 15) is 9.65 Å². The smallest absolute Gasteiger partial charge is 0.124 e. The van der Waals surface area contributed by atoms with E-state index in [0.717, 1.165) is 5.69 Å². The lowest BCUT2D eigenvalue weighted by atomic mass is 10.0. The van der Waals surface area contributed by atoms with Gasteiger partial charge in [-0.25, -0.2) is 4.39 Å². The van der Waals surface area contributed by atoms with Gasteiger partial charge in [0, 0.05) is 20.2 Å². The maximum Gasteiger partial charge on any atom is 0.124 e. The number of aromatic amines is 1. The van der Waals surface area contributed by atoms with Crippen molar-refractivity contribution in [2.24, 2.45) is 0 Å². The van der Waals surface area contributed by atoms with Gasteiger partial charge in [0.05, 0.1) is 35.2 Å². The molecule has 7 heteroatoms. The van der Waals surface area contributed by atoms with Crippen molar-refractivity contribution >= 4 is 5.69 Å². The van der Waals surface area contributed by atoms with Crippen molar-refractivity contribution < 1.29 is 9.13 Å². The van der Waals surface area contributed by atoms with Crippen LogP contribution in [0.4, 0.5) is 10.1 Å². The Morgan fingerprint density at radius 1 is 1.48 bits per heavy atom. The highest BCUT2D eigenvalue weighted by Gasteiger charge is 2.36. The second-order valence-electron chi connectivity index (χ2n) is 4.95. The maximum absolute atomic E-state index is 13.2. The summed E-state index contributed by atoms with van der Waals surface area (Å²) in [7, 11) is 1.65. The minimum Gasteiger partial charge on any atom is -0.379 e. The van der Waals surface area contributed by atoms with Crippen LogP contribution in [0, 0.1) is 17.1 Å². The van der Waals surface area contributed by atoms with Crippen LogP contribution < -0.4 is 4.90 Å². The molecule has 1 aromatic heterocycles. The molecule has 6 nitrogen and oxygen atoms in total. The van der Waals surface area contributed by atoms with Crippen LogP contribution in [-0.2, 0) is 4.74 Å². The number of hydrogen-bond donors (Lipinski definition) is 1. The average Bonchev–Trinajstić information content (AvgIpc) is 3.15. The molecule has 3 rings (SSSR count). The summed E-state index contributed by atoms with van der Waals surface area (Å²) in [6.07, 6.45) is 1.63. The molecule has 1 saturated heterocycles. The molecule has 1 N–H and O–H groups in total. The number of nitrogens with one attached hydrogen (secondary N) is 1. The Morgan fingerprint density at radius 2 is 2.33 bits per heavy atom. The Kier molecular flexibility index (Phi) is 3.54. The van der Waals surface area contributed by atoms with E-state index in [4.69, 9.17) is 4.74 Å². The molecule has 0 saturated carbocycles. The molecule has 1 aliphatic rings. The normalized spacial score (nSPS) is 21.5. The SMILES string of the molecule is CO[C@@H]1CN(c2ccc(F)cc2C#N)C[C@H]1c1cn[nH]n1. The molecule has 2 aromatic rings. The fourth-order valence-electron chi connectivity index (χ4n) is 2.76. The fraction of sp³-hybridized carbons (Fsp3) is 0.357. The van der Waals surface area contributed by atoms with Gasteiger partial charge < -0.3 is 9.64 Å². The zero-order valence-electron chi connectivity index (χ0n) is 11.5. The first-order valence-corrected chi connectivity index (χ1v) is 6.56. The summed E-state index contributed by atoms with van der Waals surface area (Å²) >= 11 is 0. The first-order chi connectivity index (χ1) is 10.2. The van der Waals surface area contributed by atoms with E-state index in [0.29, 0.717) is 24.3 Å². The van der Waals surface area contributed by atoms with Crippen molar-refractivity contribution in [2.45, 2.75) is 12.0 Å². The van der Waals surface area contributed by atoms with Gasteiger partial charge in [0.15, 0.2) is 0 Å². The van der Waals surface area contributed by atoms with Crippen LogP contribution in [0.2, 0.25) is 0 Å². The molecule has 2 heterocycles. The largest absolute Gasteiger partial charge is 0.379 e. The predicted molar refractivity (Wildman–Crippen MR) is 73.2 cm³/mol. The van der Waals surface area contributed by atoms with Gasteiger partial charge in [-0.1, -0.05) is 0 Å². The molecule has 0 spiro atoms. The summed E-state index contributed by atoms with van der Waals surface area (Å²) in [5.41, 5.74) is 1.86. The number of ether oxygens (including phenoxy) is 1. The summed E-state index contributed by atoms with van der Waals surface area (Å²) < 4.78 is 18.8. The first kappa shape index (κ1) is 13.5. The lowest BCUT2D eigenvalue weighted by Crippen LogP contribution is -2.23. The van der Waals surface area contributed by atoms with Crippen LogP contribution in [0.1, 0.15) is 17.2 Å². The van der Waals surface area contributed by atoms with Crippen LogP contribution in [-0.4, -0.2) is 41.7 Å². The van der Waals surface area contributed by atoms with Crippen molar-refractivity contribution in [3.63, 3.8) is 0 Å². The van der Waals surface area contributed by atoms with Crippen molar-refractivity contribution in [3.05, 3.63) is 41.5 Å². The van der Waals surface area contributed by atoms with Gasteiger partial charge in [0.2, 0.25) is 0 Å².